The van der Waals surface area contributed by atoms with Gasteiger partial charge in [0.2, 0.25) is 0 Å². The first-order valence-electron chi connectivity index (χ1n) is 5.93. The molecule has 0 spiro atoms. The topological polar surface area (TPSA) is 44.0 Å². The third-order valence-electron chi connectivity index (χ3n) is 4.29. The molecule has 5 heteroatoms. The Labute approximate surface area is 104 Å². The van der Waals surface area contributed by atoms with Gasteiger partial charge in [-0.2, -0.15) is 0 Å². The summed E-state index contributed by atoms with van der Waals surface area (Å²) < 4.78 is 2.83. The fraction of sp³-hybridized carbons (Fsp3) is 0.667. The van der Waals surface area contributed by atoms with Gasteiger partial charge >= 0.3 is 5.69 Å². The van der Waals surface area contributed by atoms with Crippen molar-refractivity contribution in [2.75, 3.05) is 0 Å². The first-order chi connectivity index (χ1) is 8.00. The molecule has 92 valence electrons. The lowest BCUT2D eigenvalue weighted by molar-refractivity contribution is 0.521. The second-order valence-corrected chi connectivity index (χ2v) is 5.82. The van der Waals surface area contributed by atoms with E-state index in [-0.39, 0.29) is 22.5 Å². The Kier molecular flexibility index (Phi) is 2.27. The van der Waals surface area contributed by atoms with Gasteiger partial charge < -0.3 is 4.57 Å². The zero-order chi connectivity index (χ0) is 12.3. The molecule has 1 aromatic rings. The third-order valence-corrected chi connectivity index (χ3v) is 4.64. The van der Waals surface area contributed by atoms with Crippen molar-refractivity contribution in [2.45, 2.75) is 30.6 Å². The van der Waals surface area contributed by atoms with Crippen molar-refractivity contribution in [3.63, 3.8) is 0 Å². The van der Waals surface area contributed by atoms with Gasteiger partial charge in [-0.15, -0.1) is 11.6 Å². The average Bonchev–Trinajstić information content (AvgIpc) is 2.79. The van der Waals surface area contributed by atoms with E-state index in [9.17, 15) is 9.59 Å². The van der Waals surface area contributed by atoms with E-state index in [1.54, 1.807) is 18.7 Å². The van der Waals surface area contributed by atoms with Crippen LogP contribution in [-0.2, 0) is 20.5 Å². The molecule has 3 atom stereocenters. The van der Waals surface area contributed by atoms with E-state index in [0.29, 0.717) is 5.92 Å². The molecule has 1 aromatic heterocycles. The molecule has 1 saturated carbocycles. The zero-order valence-electron chi connectivity index (χ0n) is 9.94. The summed E-state index contributed by atoms with van der Waals surface area (Å²) >= 11 is 6.17. The molecule has 0 N–H and O–H groups in total. The predicted octanol–water partition coefficient (Wildman–Crippen LogP) is 0.741. The fourth-order valence-corrected chi connectivity index (χ4v) is 3.84. The van der Waals surface area contributed by atoms with Crippen LogP contribution in [0.1, 0.15) is 30.0 Å². The van der Waals surface area contributed by atoms with Crippen molar-refractivity contribution in [2.24, 2.45) is 20.0 Å². The van der Waals surface area contributed by atoms with Gasteiger partial charge in [0.15, 0.2) is 0 Å². The van der Waals surface area contributed by atoms with Gasteiger partial charge in [0, 0.05) is 30.7 Å². The summed E-state index contributed by atoms with van der Waals surface area (Å²) in [6, 6.07) is 0. The SMILES string of the molecule is Cn1c2c(c(=O)n(C)c1=O)[C@H]1C[C@@H](Cl)C[C@H]1C2. The lowest BCUT2D eigenvalue weighted by Crippen LogP contribution is -2.40. The summed E-state index contributed by atoms with van der Waals surface area (Å²) in [5.74, 6) is 0.714. The number of fused-ring (bicyclic) bond motifs is 3. The van der Waals surface area contributed by atoms with Crippen LogP contribution in [0.5, 0.6) is 0 Å². The molecule has 0 radical (unpaired) electrons. The van der Waals surface area contributed by atoms with Gasteiger partial charge in [-0.25, -0.2) is 4.79 Å². The summed E-state index contributed by atoms with van der Waals surface area (Å²) in [5, 5.41) is 0.181. The molecule has 1 fully saturated rings. The molecule has 3 rings (SSSR count). The Balaban J connectivity index is 2.27. The number of halogens is 1. The highest BCUT2D eigenvalue weighted by atomic mass is 35.5. The van der Waals surface area contributed by atoms with Crippen molar-refractivity contribution in [1.29, 1.82) is 0 Å². The van der Waals surface area contributed by atoms with Crippen LogP contribution in [0, 0.1) is 5.92 Å². The van der Waals surface area contributed by atoms with Gasteiger partial charge in [-0.3, -0.25) is 9.36 Å². The Bertz CT molecular complexity index is 602. The van der Waals surface area contributed by atoms with E-state index < -0.39 is 0 Å². The van der Waals surface area contributed by atoms with Crippen LogP contribution < -0.4 is 11.2 Å². The van der Waals surface area contributed by atoms with E-state index in [2.05, 4.69) is 0 Å². The smallest absolute Gasteiger partial charge is 0.300 e. The summed E-state index contributed by atoms with van der Waals surface area (Å²) in [7, 11) is 3.30. The monoisotopic (exact) mass is 254 g/mol. The fourth-order valence-electron chi connectivity index (χ4n) is 3.42. The van der Waals surface area contributed by atoms with Crippen molar-refractivity contribution in [3.8, 4) is 0 Å². The number of aromatic nitrogens is 2. The van der Waals surface area contributed by atoms with Crippen molar-refractivity contribution in [3.05, 3.63) is 32.1 Å². The maximum Gasteiger partial charge on any atom is 0.330 e. The number of hydrogen-bond acceptors (Lipinski definition) is 2. The van der Waals surface area contributed by atoms with Crippen LogP contribution in [0.4, 0.5) is 0 Å². The van der Waals surface area contributed by atoms with E-state index in [1.807, 2.05) is 0 Å². The maximum atomic E-state index is 12.2. The molecule has 17 heavy (non-hydrogen) atoms. The van der Waals surface area contributed by atoms with Gasteiger partial charge in [0.25, 0.3) is 5.56 Å². The highest BCUT2D eigenvalue weighted by Gasteiger charge is 2.43. The molecule has 2 aliphatic carbocycles. The van der Waals surface area contributed by atoms with Crippen LogP contribution >= 0.6 is 11.6 Å². The highest BCUT2D eigenvalue weighted by molar-refractivity contribution is 6.20. The molecular formula is C12H15ClN2O2. The largest absolute Gasteiger partial charge is 0.330 e. The molecule has 0 aliphatic heterocycles. The van der Waals surface area contributed by atoms with Crippen LogP contribution in [0.25, 0.3) is 0 Å². The quantitative estimate of drug-likeness (QED) is 0.641. The minimum atomic E-state index is -0.226. The predicted molar refractivity (Wildman–Crippen MR) is 65.7 cm³/mol. The van der Waals surface area contributed by atoms with E-state index in [0.717, 1.165) is 30.5 Å². The first-order valence-corrected chi connectivity index (χ1v) is 6.37. The Morgan fingerprint density at radius 1 is 1.18 bits per heavy atom. The van der Waals surface area contributed by atoms with E-state index in [4.69, 9.17) is 11.6 Å². The van der Waals surface area contributed by atoms with Gasteiger partial charge in [-0.05, 0) is 31.1 Å². The van der Waals surface area contributed by atoms with Crippen molar-refractivity contribution >= 4 is 11.6 Å². The Hall–Kier alpha value is -1.03. The summed E-state index contributed by atoms with van der Waals surface area (Å²) in [6.07, 6.45) is 2.65. The normalized spacial score (nSPS) is 30.4. The third kappa shape index (κ3) is 1.36. The van der Waals surface area contributed by atoms with Crippen LogP contribution in [0.3, 0.4) is 0 Å². The van der Waals surface area contributed by atoms with Gasteiger partial charge in [-0.1, -0.05) is 0 Å². The molecule has 2 aliphatic rings. The first kappa shape index (κ1) is 11.1. The molecule has 0 aromatic carbocycles. The van der Waals surface area contributed by atoms with E-state index in [1.165, 1.54) is 4.57 Å². The summed E-state index contributed by atoms with van der Waals surface area (Å²) in [6.45, 7) is 0. The number of alkyl halides is 1. The van der Waals surface area contributed by atoms with Crippen molar-refractivity contribution < 1.29 is 0 Å². The van der Waals surface area contributed by atoms with Gasteiger partial charge in [0.05, 0.1) is 0 Å². The molecule has 0 bridgehead atoms. The number of nitrogens with zero attached hydrogens (tertiary/aromatic N) is 2. The molecule has 0 unspecified atom stereocenters. The lowest BCUT2D eigenvalue weighted by Gasteiger charge is -2.11. The minimum absolute atomic E-state index is 0.124. The van der Waals surface area contributed by atoms with Gasteiger partial charge in [0.1, 0.15) is 0 Å². The summed E-state index contributed by atoms with van der Waals surface area (Å²) in [5.41, 5.74) is 1.41. The van der Waals surface area contributed by atoms with Crippen LogP contribution in [-0.4, -0.2) is 14.5 Å². The van der Waals surface area contributed by atoms with Crippen molar-refractivity contribution in [1.82, 2.24) is 9.13 Å². The maximum absolute atomic E-state index is 12.2. The second kappa shape index (κ2) is 3.48. The standard InChI is InChI=1S/C12H15ClN2O2/c1-14-9-4-6-3-7(13)5-8(6)10(9)11(16)15(2)12(14)17/h6-8H,3-5H2,1-2H3/t6-,7-,8-/m0/s1. The number of rotatable bonds is 0. The minimum Gasteiger partial charge on any atom is -0.300 e. The Morgan fingerprint density at radius 2 is 1.88 bits per heavy atom. The lowest BCUT2D eigenvalue weighted by atomic mass is 9.97. The zero-order valence-corrected chi connectivity index (χ0v) is 10.7. The van der Waals surface area contributed by atoms with Crippen LogP contribution in [0.2, 0.25) is 0 Å². The molecule has 1 heterocycles. The Morgan fingerprint density at radius 3 is 2.59 bits per heavy atom. The summed E-state index contributed by atoms with van der Waals surface area (Å²) in [4.78, 5) is 24.0. The average molecular weight is 255 g/mol. The number of hydrogen-bond donors (Lipinski definition) is 0. The second-order valence-electron chi connectivity index (χ2n) is 5.21. The van der Waals surface area contributed by atoms with Crippen LogP contribution in [0.15, 0.2) is 9.59 Å². The highest BCUT2D eigenvalue weighted by Crippen LogP contribution is 2.48. The molecule has 0 saturated heterocycles. The van der Waals surface area contributed by atoms with E-state index >= 15 is 0 Å². The molecule has 4 nitrogen and oxygen atoms in total. The molecular weight excluding hydrogens is 240 g/mol. The molecule has 0 amide bonds.